The maximum atomic E-state index is 12.9. The summed E-state index contributed by atoms with van der Waals surface area (Å²) >= 11 is 0. The average Bonchev–Trinajstić information content (AvgIpc) is 3.10. The lowest BCUT2D eigenvalue weighted by Crippen LogP contribution is -2.11. The first kappa shape index (κ1) is 18.7. The molecule has 1 amide bonds. The Morgan fingerprint density at radius 2 is 1.85 bits per heavy atom. The summed E-state index contributed by atoms with van der Waals surface area (Å²) in [7, 11) is -3.37. The van der Waals surface area contributed by atoms with Crippen LogP contribution in [0.25, 0.3) is 0 Å². The molecule has 2 aromatic carbocycles. The lowest BCUT2D eigenvalue weighted by atomic mass is 10.3. The second kappa shape index (κ2) is 7.63. The largest absolute Gasteiger partial charge is 0.486 e. The molecule has 1 aromatic heterocycles. The molecule has 0 unspecified atom stereocenters. The van der Waals surface area contributed by atoms with Gasteiger partial charge in [0, 0.05) is 11.9 Å². The van der Waals surface area contributed by atoms with Crippen molar-refractivity contribution in [2.24, 2.45) is 0 Å². The van der Waals surface area contributed by atoms with Gasteiger partial charge < -0.3 is 14.5 Å². The van der Waals surface area contributed by atoms with E-state index < -0.39 is 15.7 Å². The molecule has 3 aromatic rings. The van der Waals surface area contributed by atoms with Crippen LogP contribution >= 0.6 is 0 Å². The molecule has 0 saturated heterocycles. The minimum absolute atomic E-state index is 0.0532. The highest BCUT2D eigenvalue weighted by Crippen LogP contribution is 2.18. The maximum absolute atomic E-state index is 12.9. The number of sulfone groups is 1. The molecule has 6 nitrogen and oxygen atoms in total. The molecular formula is C19H16FNO5S. The third-order valence-electron chi connectivity index (χ3n) is 3.60. The van der Waals surface area contributed by atoms with Gasteiger partial charge in [-0.05, 0) is 54.6 Å². The van der Waals surface area contributed by atoms with Gasteiger partial charge in [0.05, 0.1) is 4.90 Å². The summed E-state index contributed by atoms with van der Waals surface area (Å²) in [6, 6.07) is 14.5. The van der Waals surface area contributed by atoms with E-state index in [2.05, 4.69) is 5.32 Å². The maximum Gasteiger partial charge on any atom is 0.291 e. The van der Waals surface area contributed by atoms with E-state index in [1.54, 1.807) is 12.1 Å². The summed E-state index contributed by atoms with van der Waals surface area (Å²) in [5.41, 5.74) is 0.337. The highest BCUT2D eigenvalue weighted by Gasteiger charge is 2.14. The lowest BCUT2D eigenvalue weighted by molar-refractivity contribution is 0.0992. The van der Waals surface area contributed by atoms with E-state index in [0.717, 1.165) is 6.26 Å². The highest BCUT2D eigenvalue weighted by molar-refractivity contribution is 7.90. The fourth-order valence-corrected chi connectivity index (χ4v) is 2.93. The number of amides is 1. The van der Waals surface area contributed by atoms with Crippen molar-refractivity contribution < 1.29 is 26.8 Å². The van der Waals surface area contributed by atoms with Crippen LogP contribution < -0.4 is 10.1 Å². The molecule has 3 rings (SSSR count). The predicted molar refractivity (Wildman–Crippen MR) is 96.9 cm³/mol. The third-order valence-corrected chi connectivity index (χ3v) is 4.71. The summed E-state index contributed by atoms with van der Waals surface area (Å²) in [6.07, 6.45) is 1.09. The van der Waals surface area contributed by atoms with Crippen molar-refractivity contribution in [3.8, 4) is 5.75 Å². The number of halogens is 1. The molecule has 140 valence electrons. The molecule has 0 saturated carbocycles. The lowest BCUT2D eigenvalue weighted by Gasteiger charge is -2.06. The second-order valence-corrected chi connectivity index (χ2v) is 7.78. The van der Waals surface area contributed by atoms with Gasteiger partial charge in [-0.3, -0.25) is 4.79 Å². The van der Waals surface area contributed by atoms with Crippen LogP contribution in [-0.4, -0.2) is 20.6 Å². The van der Waals surface area contributed by atoms with Crippen LogP contribution in [0.1, 0.15) is 16.3 Å². The molecule has 1 heterocycles. The second-order valence-electron chi connectivity index (χ2n) is 5.76. The van der Waals surface area contributed by atoms with Crippen molar-refractivity contribution in [3.05, 3.63) is 78.0 Å². The van der Waals surface area contributed by atoms with Gasteiger partial charge in [0.25, 0.3) is 5.91 Å². The fourth-order valence-electron chi connectivity index (χ4n) is 2.26. The topological polar surface area (TPSA) is 85.6 Å². The zero-order valence-electron chi connectivity index (χ0n) is 14.3. The van der Waals surface area contributed by atoms with Crippen molar-refractivity contribution >= 4 is 21.4 Å². The van der Waals surface area contributed by atoms with Gasteiger partial charge in [0.2, 0.25) is 0 Å². The Bertz CT molecular complexity index is 1060. The van der Waals surface area contributed by atoms with E-state index in [4.69, 9.17) is 9.15 Å². The number of carbonyl (C=O) groups is 1. The molecule has 0 atom stereocenters. The predicted octanol–water partition coefficient (Wildman–Crippen LogP) is 3.65. The summed E-state index contributed by atoms with van der Waals surface area (Å²) < 4.78 is 46.9. The standard InChI is InChI=1S/C19H16FNO5S/c1-27(23,24)17-4-2-3-14(11-17)21-19(22)18-10-9-16(26-18)12-25-15-7-5-13(20)6-8-15/h2-11H,12H2,1H3,(H,21,22). The molecule has 1 N–H and O–H groups in total. The van der Waals surface area contributed by atoms with Gasteiger partial charge in [-0.25, -0.2) is 12.8 Å². The minimum atomic E-state index is -3.37. The molecule has 27 heavy (non-hydrogen) atoms. The monoisotopic (exact) mass is 389 g/mol. The number of furan rings is 1. The quantitative estimate of drug-likeness (QED) is 0.695. The van der Waals surface area contributed by atoms with E-state index in [-0.39, 0.29) is 23.1 Å². The number of hydrogen-bond donors (Lipinski definition) is 1. The summed E-state index contributed by atoms with van der Waals surface area (Å²) in [6.45, 7) is 0.0719. The summed E-state index contributed by atoms with van der Waals surface area (Å²) in [5.74, 6) is 0.0520. The number of ether oxygens (including phenoxy) is 1. The van der Waals surface area contributed by atoms with Crippen LogP contribution in [-0.2, 0) is 16.4 Å². The van der Waals surface area contributed by atoms with E-state index in [1.165, 1.54) is 48.5 Å². The summed E-state index contributed by atoms with van der Waals surface area (Å²) in [4.78, 5) is 12.4. The first-order chi connectivity index (χ1) is 12.8. The van der Waals surface area contributed by atoms with Crippen molar-refractivity contribution in [3.63, 3.8) is 0 Å². The van der Waals surface area contributed by atoms with Gasteiger partial charge in [-0.2, -0.15) is 0 Å². The Labute approximate surface area is 155 Å². The van der Waals surface area contributed by atoms with Crippen molar-refractivity contribution in [1.29, 1.82) is 0 Å². The van der Waals surface area contributed by atoms with Crippen LogP contribution in [0.2, 0.25) is 0 Å². The van der Waals surface area contributed by atoms with Gasteiger partial charge in [-0.15, -0.1) is 0 Å². The molecule has 0 aliphatic heterocycles. The molecule has 0 fully saturated rings. The Morgan fingerprint density at radius 3 is 2.56 bits per heavy atom. The third kappa shape index (κ3) is 4.95. The van der Waals surface area contributed by atoms with E-state index in [9.17, 15) is 17.6 Å². The Balaban J connectivity index is 1.64. The van der Waals surface area contributed by atoms with Gasteiger partial charge in [0.1, 0.15) is 23.9 Å². The van der Waals surface area contributed by atoms with Crippen LogP contribution in [0, 0.1) is 5.82 Å². The first-order valence-electron chi connectivity index (χ1n) is 7.90. The van der Waals surface area contributed by atoms with Gasteiger partial charge in [0.15, 0.2) is 15.6 Å². The molecule has 8 heteroatoms. The van der Waals surface area contributed by atoms with Gasteiger partial charge >= 0.3 is 0 Å². The van der Waals surface area contributed by atoms with Crippen molar-refractivity contribution in [2.45, 2.75) is 11.5 Å². The number of nitrogens with one attached hydrogen (secondary N) is 1. The van der Waals surface area contributed by atoms with E-state index >= 15 is 0 Å². The SMILES string of the molecule is CS(=O)(=O)c1cccc(NC(=O)c2ccc(COc3ccc(F)cc3)o2)c1. The van der Waals surface area contributed by atoms with Crippen LogP contribution in [0.5, 0.6) is 5.75 Å². The van der Waals surface area contributed by atoms with Crippen molar-refractivity contribution in [1.82, 2.24) is 0 Å². The average molecular weight is 389 g/mol. The highest BCUT2D eigenvalue weighted by atomic mass is 32.2. The molecule has 0 aliphatic rings. The molecule has 0 radical (unpaired) electrons. The Morgan fingerprint density at radius 1 is 1.11 bits per heavy atom. The van der Waals surface area contributed by atoms with E-state index in [0.29, 0.717) is 17.2 Å². The molecule has 0 aliphatic carbocycles. The fraction of sp³-hybridized carbons (Fsp3) is 0.105. The van der Waals surface area contributed by atoms with Crippen LogP contribution in [0.3, 0.4) is 0 Å². The molecular weight excluding hydrogens is 373 g/mol. The van der Waals surface area contributed by atoms with Gasteiger partial charge in [-0.1, -0.05) is 6.07 Å². The van der Waals surface area contributed by atoms with Crippen molar-refractivity contribution in [2.75, 3.05) is 11.6 Å². The van der Waals surface area contributed by atoms with E-state index in [1.807, 2.05) is 0 Å². The molecule has 0 bridgehead atoms. The van der Waals surface area contributed by atoms with Crippen LogP contribution in [0.4, 0.5) is 10.1 Å². The smallest absolute Gasteiger partial charge is 0.291 e. The summed E-state index contributed by atoms with van der Waals surface area (Å²) in [5, 5.41) is 2.58. The number of rotatable bonds is 6. The number of anilines is 1. The number of carbonyl (C=O) groups excluding carboxylic acids is 1. The Kier molecular flexibility index (Phi) is 5.27. The number of hydrogen-bond acceptors (Lipinski definition) is 5. The van der Waals surface area contributed by atoms with Crippen LogP contribution in [0.15, 0.2) is 70.0 Å². The normalized spacial score (nSPS) is 11.2. The minimum Gasteiger partial charge on any atom is -0.486 e. The molecule has 0 spiro atoms. The zero-order chi connectivity index (χ0) is 19.4. The number of benzene rings is 2. The zero-order valence-corrected chi connectivity index (χ0v) is 15.1. The Hall–Kier alpha value is -3.13. The first-order valence-corrected chi connectivity index (χ1v) is 9.79.